The zero-order valence-corrected chi connectivity index (χ0v) is 8.05. The van der Waals surface area contributed by atoms with Crippen molar-refractivity contribution < 1.29 is 4.79 Å². The summed E-state index contributed by atoms with van der Waals surface area (Å²) in [5, 5.41) is 3.37. The maximum atomic E-state index is 11.5. The van der Waals surface area contributed by atoms with Crippen molar-refractivity contribution in [3.63, 3.8) is 0 Å². The second kappa shape index (κ2) is 2.96. The number of fused-ring (bicyclic) bond motifs is 1. The Morgan fingerprint density at radius 1 is 1.69 bits per heavy atom. The molecular formula is C9H17N3O. The minimum Gasteiger partial charge on any atom is -0.369 e. The van der Waals surface area contributed by atoms with E-state index in [-0.39, 0.29) is 11.3 Å². The largest absolute Gasteiger partial charge is 0.369 e. The smallest absolute Gasteiger partial charge is 0.226 e. The van der Waals surface area contributed by atoms with E-state index in [9.17, 15) is 4.79 Å². The molecule has 4 heteroatoms. The van der Waals surface area contributed by atoms with Gasteiger partial charge in [0.15, 0.2) is 0 Å². The molecule has 4 nitrogen and oxygen atoms in total. The number of likely N-dealkylation sites (tertiary alicyclic amines) is 1. The molecule has 2 atom stereocenters. The van der Waals surface area contributed by atoms with Crippen LogP contribution >= 0.6 is 0 Å². The number of hydrogen-bond acceptors (Lipinski definition) is 3. The van der Waals surface area contributed by atoms with Gasteiger partial charge in [0.1, 0.15) is 0 Å². The lowest BCUT2D eigenvalue weighted by molar-refractivity contribution is -0.130. The summed E-state index contributed by atoms with van der Waals surface area (Å²) in [7, 11) is 2.05. The number of nitrogens with two attached hydrogens (primary N) is 1. The third-order valence-electron chi connectivity index (χ3n) is 3.47. The van der Waals surface area contributed by atoms with Crippen LogP contribution in [0.2, 0.25) is 0 Å². The Morgan fingerprint density at radius 2 is 2.46 bits per heavy atom. The van der Waals surface area contributed by atoms with Crippen LogP contribution in [0.1, 0.15) is 12.8 Å². The summed E-state index contributed by atoms with van der Waals surface area (Å²) in [6, 6.07) is 0.321. The van der Waals surface area contributed by atoms with Crippen LogP contribution in [0.15, 0.2) is 0 Å². The minimum atomic E-state index is -0.285. The van der Waals surface area contributed by atoms with Crippen molar-refractivity contribution >= 4 is 5.91 Å². The van der Waals surface area contributed by atoms with Gasteiger partial charge in [-0.1, -0.05) is 0 Å². The number of nitrogens with one attached hydrogen (secondary N) is 1. The van der Waals surface area contributed by atoms with Gasteiger partial charge < -0.3 is 16.0 Å². The van der Waals surface area contributed by atoms with E-state index in [1.165, 1.54) is 0 Å². The predicted octanol–water partition coefficient (Wildman–Crippen LogP) is -0.844. The van der Waals surface area contributed by atoms with Gasteiger partial charge >= 0.3 is 0 Å². The molecule has 74 valence electrons. The maximum Gasteiger partial charge on any atom is 0.226 e. The van der Waals surface area contributed by atoms with Crippen molar-refractivity contribution in [3.05, 3.63) is 0 Å². The number of amides is 1. The predicted molar refractivity (Wildman–Crippen MR) is 50.1 cm³/mol. The van der Waals surface area contributed by atoms with Crippen LogP contribution in [0, 0.1) is 5.41 Å². The van der Waals surface area contributed by atoms with Gasteiger partial charge in [-0.05, 0) is 33.0 Å². The zero-order valence-electron chi connectivity index (χ0n) is 8.05. The number of hydrogen-bond donors (Lipinski definition) is 2. The second-order valence-corrected chi connectivity index (χ2v) is 4.30. The highest BCUT2D eigenvalue weighted by Gasteiger charge is 2.50. The normalized spacial score (nSPS) is 40.2. The van der Waals surface area contributed by atoms with Crippen molar-refractivity contribution in [2.45, 2.75) is 18.9 Å². The van der Waals surface area contributed by atoms with Gasteiger partial charge in [-0.25, -0.2) is 0 Å². The van der Waals surface area contributed by atoms with E-state index >= 15 is 0 Å². The van der Waals surface area contributed by atoms with Crippen LogP contribution in [-0.4, -0.2) is 43.5 Å². The van der Waals surface area contributed by atoms with E-state index in [0.717, 1.165) is 32.5 Å². The second-order valence-electron chi connectivity index (χ2n) is 4.30. The van der Waals surface area contributed by atoms with E-state index in [4.69, 9.17) is 5.73 Å². The number of primary amides is 1. The number of carbonyl (C=O) groups excluding carboxylic acids is 1. The summed E-state index contributed by atoms with van der Waals surface area (Å²) < 4.78 is 0. The highest BCUT2D eigenvalue weighted by atomic mass is 16.1. The molecule has 2 fully saturated rings. The van der Waals surface area contributed by atoms with Gasteiger partial charge in [-0.3, -0.25) is 4.79 Å². The Balaban J connectivity index is 2.23. The monoisotopic (exact) mass is 183 g/mol. The minimum absolute atomic E-state index is 0.131. The zero-order chi connectivity index (χ0) is 9.47. The molecule has 2 aliphatic heterocycles. The van der Waals surface area contributed by atoms with Crippen molar-refractivity contribution in [1.82, 2.24) is 10.2 Å². The molecule has 0 aromatic heterocycles. The molecule has 2 aliphatic rings. The Hall–Kier alpha value is -0.610. The molecule has 3 N–H and O–H groups in total. The van der Waals surface area contributed by atoms with E-state index < -0.39 is 0 Å². The lowest BCUT2D eigenvalue weighted by atomic mass is 9.75. The Bertz CT molecular complexity index is 231. The molecule has 0 aliphatic carbocycles. The van der Waals surface area contributed by atoms with Gasteiger partial charge in [0.25, 0.3) is 0 Å². The molecule has 0 radical (unpaired) electrons. The molecule has 0 saturated carbocycles. The standard InChI is InChI=1S/C9H17N3O/c1-12-5-2-7-9(6-12,8(10)13)3-4-11-7/h7,11H,2-6H2,1H3,(H2,10,13). The highest BCUT2D eigenvalue weighted by Crippen LogP contribution is 2.36. The average molecular weight is 183 g/mol. The van der Waals surface area contributed by atoms with E-state index in [2.05, 4.69) is 17.3 Å². The van der Waals surface area contributed by atoms with E-state index in [1.807, 2.05) is 0 Å². The van der Waals surface area contributed by atoms with Crippen molar-refractivity contribution in [2.75, 3.05) is 26.7 Å². The first-order valence-corrected chi connectivity index (χ1v) is 4.87. The number of nitrogens with zero attached hydrogens (tertiary/aromatic N) is 1. The molecule has 0 aromatic carbocycles. The first-order valence-electron chi connectivity index (χ1n) is 4.87. The van der Waals surface area contributed by atoms with Crippen molar-refractivity contribution in [1.29, 1.82) is 0 Å². The molecule has 0 spiro atoms. The van der Waals surface area contributed by atoms with Gasteiger partial charge in [0.2, 0.25) is 5.91 Å². The summed E-state index contributed by atoms with van der Waals surface area (Å²) in [4.78, 5) is 13.7. The van der Waals surface area contributed by atoms with Crippen molar-refractivity contribution in [3.8, 4) is 0 Å². The van der Waals surface area contributed by atoms with Gasteiger partial charge in [0, 0.05) is 12.6 Å². The summed E-state index contributed by atoms with van der Waals surface area (Å²) in [5.41, 5.74) is 5.22. The summed E-state index contributed by atoms with van der Waals surface area (Å²) in [6.07, 6.45) is 1.94. The number of carbonyl (C=O) groups is 1. The topological polar surface area (TPSA) is 58.4 Å². The first kappa shape index (κ1) is 8.97. The molecule has 1 amide bonds. The fraction of sp³-hybridized carbons (Fsp3) is 0.889. The van der Waals surface area contributed by atoms with Crippen LogP contribution in [0.25, 0.3) is 0 Å². The lowest BCUT2D eigenvalue weighted by Crippen LogP contribution is -2.57. The Morgan fingerprint density at radius 3 is 3.15 bits per heavy atom. The Labute approximate surface area is 78.5 Å². The molecule has 0 aromatic rings. The summed E-state index contributed by atoms with van der Waals surface area (Å²) in [5.74, 6) is -0.131. The van der Waals surface area contributed by atoms with Crippen LogP contribution in [0.4, 0.5) is 0 Å². The van der Waals surface area contributed by atoms with E-state index in [0.29, 0.717) is 6.04 Å². The third-order valence-corrected chi connectivity index (χ3v) is 3.47. The van der Waals surface area contributed by atoms with Gasteiger partial charge in [-0.15, -0.1) is 0 Å². The molecule has 2 heterocycles. The SMILES string of the molecule is CN1CCC2NCCC2(C(N)=O)C1. The quantitative estimate of drug-likeness (QED) is 0.557. The fourth-order valence-corrected chi connectivity index (χ4v) is 2.69. The van der Waals surface area contributed by atoms with E-state index in [1.54, 1.807) is 0 Å². The summed E-state index contributed by atoms with van der Waals surface area (Å²) >= 11 is 0. The molecule has 0 bridgehead atoms. The lowest BCUT2D eigenvalue weighted by Gasteiger charge is -2.40. The molecule has 2 saturated heterocycles. The maximum absolute atomic E-state index is 11.5. The van der Waals surface area contributed by atoms with Crippen molar-refractivity contribution in [2.24, 2.45) is 11.1 Å². The summed E-state index contributed by atoms with van der Waals surface area (Å²) in [6.45, 7) is 2.81. The Kier molecular flexibility index (Phi) is 2.04. The van der Waals surface area contributed by atoms with Crippen LogP contribution in [0.3, 0.4) is 0 Å². The highest BCUT2D eigenvalue weighted by molar-refractivity contribution is 5.82. The van der Waals surface area contributed by atoms with Gasteiger partial charge in [0.05, 0.1) is 5.41 Å². The molecular weight excluding hydrogens is 166 g/mol. The average Bonchev–Trinajstić information content (AvgIpc) is 2.47. The fourth-order valence-electron chi connectivity index (χ4n) is 2.69. The van der Waals surface area contributed by atoms with Crippen LogP contribution < -0.4 is 11.1 Å². The van der Waals surface area contributed by atoms with Gasteiger partial charge in [-0.2, -0.15) is 0 Å². The third kappa shape index (κ3) is 1.25. The van der Waals surface area contributed by atoms with Crippen LogP contribution in [0.5, 0.6) is 0 Å². The molecule has 2 rings (SSSR count). The first-order chi connectivity index (χ1) is 6.15. The molecule has 13 heavy (non-hydrogen) atoms. The molecule has 2 unspecified atom stereocenters. The van der Waals surface area contributed by atoms with Crippen LogP contribution in [-0.2, 0) is 4.79 Å². The number of piperidine rings is 1. The number of rotatable bonds is 1.